The molecule has 0 unspecified atom stereocenters. The van der Waals surface area contributed by atoms with Gasteiger partial charge in [-0.2, -0.15) is 13.2 Å². The SMILES string of the molecule is CCOC(=O)C1(Cc2ccccc2C(F)(F)F)CCN(Cc2ccc(O)cc2OC)CC1. The number of aromatic hydroxyl groups is 1. The largest absolute Gasteiger partial charge is 0.508 e. The molecule has 0 aliphatic carbocycles. The minimum atomic E-state index is -4.48. The maximum absolute atomic E-state index is 13.5. The van der Waals surface area contributed by atoms with E-state index >= 15 is 0 Å². The molecule has 3 rings (SSSR count). The number of methoxy groups -OCH3 is 1. The first kappa shape index (κ1) is 23.9. The Morgan fingerprint density at radius 2 is 1.81 bits per heavy atom. The van der Waals surface area contributed by atoms with Crippen molar-refractivity contribution in [2.75, 3.05) is 26.8 Å². The summed E-state index contributed by atoms with van der Waals surface area (Å²) in [5.41, 5.74) is -0.717. The van der Waals surface area contributed by atoms with Crippen LogP contribution in [0.25, 0.3) is 0 Å². The van der Waals surface area contributed by atoms with Crippen LogP contribution in [0.2, 0.25) is 0 Å². The number of carbonyl (C=O) groups is 1. The Morgan fingerprint density at radius 3 is 2.44 bits per heavy atom. The van der Waals surface area contributed by atoms with Gasteiger partial charge in [0, 0.05) is 18.2 Å². The van der Waals surface area contributed by atoms with E-state index < -0.39 is 23.1 Å². The zero-order valence-electron chi connectivity index (χ0n) is 18.2. The molecule has 0 bridgehead atoms. The highest BCUT2D eigenvalue weighted by atomic mass is 19.4. The number of carbonyl (C=O) groups excluding carboxylic acids is 1. The summed E-state index contributed by atoms with van der Waals surface area (Å²) in [4.78, 5) is 15.0. The van der Waals surface area contributed by atoms with Gasteiger partial charge in [-0.15, -0.1) is 0 Å². The van der Waals surface area contributed by atoms with Gasteiger partial charge in [-0.05, 0) is 57.0 Å². The zero-order chi connectivity index (χ0) is 23.4. The number of phenolic OH excluding ortho intramolecular Hbond substituents is 1. The molecule has 0 amide bonds. The average Bonchev–Trinajstić information content (AvgIpc) is 2.76. The molecule has 1 saturated heterocycles. The van der Waals surface area contributed by atoms with Crippen LogP contribution in [0.4, 0.5) is 13.2 Å². The number of benzene rings is 2. The topological polar surface area (TPSA) is 59.0 Å². The van der Waals surface area contributed by atoms with Crippen molar-refractivity contribution in [3.8, 4) is 11.5 Å². The molecule has 1 N–H and O–H groups in total. The fourth-order valence-electron chi connectivity index (χ4n) is 4.30. The number of hydrogen-bond donors (Lipinski definition) is 1. The van der Waals surface area contributed by atoms with Crippen LogP contribution >= 0.6 is 0 Å². The molecule has 32 heavy (non-hydrogen) atoms. The number of hydrogen-bond acceptors (Lipinski definition) is 5. The Balaban J connectivity index is 1.80. The van der Waals surface area contributed by atoms with Crippen molar-refractivity contribution in [1.29, 1.82) is 0 Å². The van der Waals surface area contributed by atoms with E-state index in [9.17, 15) is 23.1 Å². The van der Waals surface area contributed by atoms with Crippen molar-refractivity contribution in [3.05, 3.63) is 59.2 Å². The van der Waals surface area contributed by atoms with Crippen LogP contribution in [0, 0.1) is 5.41 Å². The molecule has 174 valence electrons. The molecule has 0 radical (unpaired) electrons. The highest BCUT2D eigenvalue weighted by Gasteiger charge is 2.44. The van der Waals surface area contributed by atoms with Crippen molar-refractivity contribution >= 4 is 5.97 Å². The van der Waals surface area contributed by atoms with Crippen LogP contribution in [0.15, 0.2) is 42.5 Å². The molecule has 2 aromatic carbocycles. The monoisotopic (exact) mass is 451 g/mol. The van der Waals surface area contributed by atoms with E-state index in [0.717, 1.165) is 11.6 Å². The molecule has 1 aliphatic rings. The Kier molecular flexibility index (Phi) is 7.33. The predicted molar refractivity (Wildman–Crippen MR) is 113 cm³/mol. The van der Waals surface area contributed by atoms with Gasteiger partial charge in [0.1, 0.15) is 11.5 Å². The van der Waals surface area contributed by atoms with E-state index in [0.29, 0.717) is 38.2 Å². The Bertz CT molecular complexity index is 937. The van der Waals surface area contributed by atoms with Gasteiger partial charge in [0.25, 0.3) is 0 Å². The molecule has 0 aromatic heterocycles. The van der Waals surface area contributed by atoms with Gasteiger partial charge >= 0.3 is 12.1 Å². The average molecular weight is 451 g/mol. The molecule has 0 atom stereocenters. The lowest BCUT2D eigenvalue weighted by molar-refractivity contribution is -0.159. The summed E-state index contributed by atoms with van der Waals surface area (Å²) in [5.74, 6) is 0.221. The summed E-state index contributed by atoms with van der Waals surface area (Å²) < 4.78 is 51.2. The molecule has 5 nitrogen and oxygen atoms in total. The van der Waals surface area contributed by atoms with Crippen LogP contribution in [0.1, 0.15) is 36.5 Å². The summed E-state index contributed by atoms with van der Waals surface area (Å²) in [7, 11) is 1.53. The summed E-state index contributed by atoms with van der Waals surface area (Å²) in [6, 6.07) is 10.3. The fourth-order valence-corrected chi connectivity index (χ4v) is 4.30. The van der Waals surface area contributed by atoms with Crippen LogP contribution in [-0.2, 0) is 28.7 Å². The lowest BCUT2D eigenvalue weighted by Crippen LogP contribution is -2.46. The molecule has 1 aliphatic heterocycles. The second-order valence-corrected chi connectivity index (χ2v) is 8.10. The molecule has 2 aromatic rings. The molecular weight excluding hydrogens is 423 g/mol. The number of likely N-dealkylation sites (tertiary alicyclic amines) is 1. The van der Waals surface area contributed by atoms with Crippen molar-refractivity contribution in [2.45, 2.75) is 38.9 Å². The number of esters is 1. The fraction of sp³-hybridized carbons (Fsp3) is 0.458. The number of alkyl halides is 3. The molecule has 0 spiro atoms. The second kappa shape index (κ2) is 9.81. The molecule has 1 fully saturated rings. The van der Waals surface area contributed by atoms with Crippen LogP contribution < -0.4 is 4.74 Å². The van der Waals surface area contributed by atoms with Gasteiger partial charge in [0.15, 0.2) is 0 Å². The van der Waals surface area contributed by atoms with Crippen molar-refractivity contribution in [2.24, 2.45) is 5.41 Å². The Morgan fingerprint density at radius 1 is 1.12 bits per heavy atom. The summed E-state index contributed by atoms with van der Waals surface area (Å²) in [5, 5.41) is 9.65. The van der Waals surface area contributed by atoms with Crippen LogP contribution in [0.3, 0.4) is 0 Å². The Hall–Kier alpha value is -2.74. The molecule has 0 saturated carbocycles. The molecular formula is C24H28F3NO4. The van der Waals surface area contributed by atoms with Gasteiger partial charge < -0.3 is 14.6 Å². The Labute approximate surface area is 185 Å². The lowest BCUT2D eigenvalue weighted by Gasteiger charge is -2.40. The highest BCUT2D eigenvalue weighted by molar-refractivity contribution is 5.77. The zero-order valence-corrected chi connectivity index (χ0v) is 18.2. The first-order valence-corrected chi connectivity index (χ1v) is 10.6. The highest BCUT2D eigenvalue weighted by Crippen LogP contribution is 2.41. The quantitative estimate of drug-likeness (QED) is 0.613. The standard InChI is InChI=1S/C24H28F3NO4/c1-3-32-22(30)23(15-17-6-4-5-7-20(17)24(25,26)27)10-12-28(13-11-23)16-18-8-9-19(29)14-21(18)31-2/h4-9,14,29H,3,10-13,15-16H2,1-2H3. The van der Waals surface area contributed by atoms with Crippen molar-refractivity contribution in [3.63, 3.8) is 0 Å². The van der Waals surface area contributed by atoms with Gasteiger partial charge in [-0.25, -0.2) is 0 Å². The van der Waals surface area contributed by atoms with Crippen LogP contribution in [0.5, 0.6) is 11.5 Å². The van der Waals surface area contributed by atoms with E-state index in [4.69, 9.17) is 9.47 Å². The van der Waals surface area contributed by atoms with Crippen LogP contribution in [-0.4, -0.2) is 42.8 Å². The first-order chi connectivity index (χ1) is 15.2. The smallest absolute Gasteiger partial charge is 0.416 e. The van der Waals surface area contributed by atoms with Crippen molar-refractivity contribution < 1.29 is 32.5 Å². The predicted octanol–water partition coefficient (Wildman–Crippen LogP) is 4.81. The van der Waals surface area contributed by atoms with Gasteiger partial charge in [-0.3, -0.25) is 9.69 Å². The minimum absolute atomic E-state index is 0.0160. The van der Waals surface area contributed by atoms with E-state index in [1.165, 1.54) is 25.3 Å². The van der Waals surface area contributed by atoms with Crippen molar-refractivity contribution in [1.82, 2.24) is 4.90 Å². The van der Waals surface area contributed by atoms with E-state index in [2.05, 4.69) is 4.90 Å². The third kappa shape index (κ3) is 5.35. The molecule has 8 heteroatoms. The first-order valence-electron chi connectivity index (χ1n) is 10.6. The third-order valence-corrected chi connectivity index (χ3v) is 6.04. The lowest BCUT2D eigenvalue weighted by atomic mass is 9.73. The number of rotatable bonds is 7. The van der Waals surface area contributed by atoms with Gasteiger partial charge in [0.2, 0.25) is 0 Å². The third-order valence-electron chi connectivity index (χ3n) is 6.04. The number of ether oxygens (including phenoxy) is 2. The van der Waals surface area contributed by atoms with Gasteiger partial charge in [0.05, 0.1) is 24.7 Å². The maximum Gasteiger partial charge on any atom is 0.416 e. The van der Waals surface area contributed by atoms with E-state index in [-0.39, 0.29) is 24.3 Å². The summed E-state index contributed by atoms with van der Waals surface area (Å²) in [6.07, 6.45) is -3.72. The minimum Gasteiger partial charge on any atom is -0.508 e. The molecule has 1 heterocycles. The maximum atomic E-state index is 13.5. The summed E-state index contributed by atoms with van der Waals surface area (Å²) in [6.45, 7) is 3.47. The van der Waals surface area contributed by atoms with E-state index in [1.54, 1.807) is 25.1 Å². The van der Waals surface area contributed by atoms with Gasteiger partial charge in [-0.1, -0.05) is 24.3 Å². The number of halogens is 3. The number of phenols is 1. The normalized spacial score (nSPS) is 16.5. The second-order valence-electron chi connectivity index (χ2n) is 8.10. The summed E-state index contributed by atoms with van der Waals surface area (Å²) >= 11 is 0. The van der Waals surface area contributed by atoms with E-state index in [1.807, 2.05) is 0 Å². The number of piperidine rings is 1. The number of nitrogens with zero attached hydrogens (tertiary/aromatic N) is 1.